The van der Waals surface area contributed by atoms with Crippen LogP contribution in [0.15, 0.2) is 41.5 Å². The van der Waals surface area contributed by atoms with E-state index in [1.165, 1.54) is 24.4 Å². The van der Waals surface area contributed by atoms with Crippen LogP contribution in [0.3, 0.4) is 0 Å². The summed E-state index contributed by atoms with van der Waals surface area (Å²) in [6.07, 6.45) is 1.44. The summed E-state index contributed by atoms with van der Waals surface area (Å²) in [5.41, 5.74) is 13.2. The van der Waals surface area contributed by atoms with Gasteiger partial charge in [0.1, 0.15) is 17.5 Å². The number of carbonyl (C=O) groups excluding carboxylic acids is 1. The van der Waals surface area contributed by atoms with Crippen molar-refractivity contribution in [2.45, 2.75) is 6.54 Å². The number of benzene rings is 1. The second kappa shape index (κ2) is 7.21. The van der Waals surface area contributed by atoms with Gasteiger partial charge < -0.3 is 16.8 Å². The molecule has 1 heterocycles. The Balaban J connectivity index is 1.95. The van der Waals surface area contributed by atoms with Crippen molar-refractivity contribution in [1.29, 1.82) is 0 Å². The molecule has 0 saturated heterocycles. The van der Waals surface area contributed by atoms with Gasteiger partial charge in [0.05, 0.1) is 5.56 Å². The zero-order valence-electron chi connectivity index (χ0n) is 12.5. The number of halogens is 1. The lowest BCUT2D eigenvalue weighted by Crippen LogP contribution is -2.28. The van der Waals surface area contributed by atoms with Crippen LogP contribution in [0, 0.1) is 5.82 Å². The molecule has 0 aliphatic carbocycles. The van der Waals surface area contributed by atoms with Crippen LogP contribution < -0.4 is 22.1 Å². The molecule has 23 heavy (non-hydrogen) atoms. The van der Waals surface area contributed by atoms with E-state index in [0.29, 0.717) is 11.3 Å². The molecule has 0 atom stereocenters. The zero-order chi connectivity index (χ0) is 16.8. The van der Waals surface area contributed by atoms with E-state index in [-0.39, 0.29) is 24.0 Å². The monoisotopic (exact) mass is 316 g/mol. The van der Waals surface area contributed by atoms with Crippen LogP contribution in [0.2, 0.25) is 0 Å². The van der Waals surface area contributed by atoms with Crippen molar-refractivity contribution in [2.75, 3.05) is 18.1 Å². The van der Waals surface area contributed by atoms with Gasteiger partial charge in [0.15, 0.2) is 0 Å². The standard InChI is InChI=1S/C15H17FN6O/c1-19-14(18)11-8-20-13(6-12(11)17)22-15(23)21-7-9-2-4-10(16)5-3-9/h2-6,8H,7H2,1H3,(H2,18,19)(H4,17,20,21,22,23). The van der Waals surface area contributed by atoms with E-state index in [4.69, 9.17) is 11.5 Å². The van der Waals surface area contributed by atoms with Crippen LogP contribution >= 0.6 is 0 Å². The summed E-state index contributed by atoms with van der Waals surface area (Å²) in [4.78, 5) is 19.7. The van der Waals surface area contributed by atoms with Gasteiger partial charge in [-0.2, -0.15) is 0 Å². The molecular formula is C15H17FN6O. The van der Waals surface area contributed by atoms with Gasteiger partial charge in [0.25, 0.3) is 0 Å². The molecule has 0 unspecified atom stereocenters. The number of pyridine rings is 1. The third-order valence-corrected chi connectivity index (χ3v) is 3.06. The highest BCUT2D eigenvalue weighted by Crippen LogP contribution is 2.14. The van der Waals surface area contributed by atoms with Crippen molar-refractivity contribution in [3.8, 4) is 0 Å². The molecule has 1 aromatic carbocycles. The predicted molar refractivity (Wildman–Crippen MR) is 87.6 cm³/mol. The summed E-state index contributed by atoms with van der Waals surface area (Å²) in [6, 6.07) is 6.88. The third kappa shape index (κ3) is 4.40. The van der Waals surface area contributed by atoms with Gasteiger partial charge in [-0.05, 0) is 17.7 Å². The Morgan fingerprint density at radius 1 is 1.35 bits per heavy atom. The summed E-state index contributed by atoms with van der Waals surface area (Å²) in [5.74, 6) is 0.224. The highest BCUT2D eigenvalue weighted by molar-refractivity contribution is 6.02. The second-order valence-corrected chi connectivity index (χ2v) is 4.70. The maximum absolute atomic E-state index is 12.8. The molecule has 0 bridgehead atoms. The molecule has 8 heteroatoms. The number of hydrogen-bond acceptors (Lipinski definition) is 4. The number of carbonyl (C=O) groups is 1. The van der Waals surface area contributed by atoms with Gasteiger partial charge >= 0.3 is 6.03 Å². The lowest BCUT2D eigenvalue weighted by molar-refractivity contribution is 0.251. The minimum absolute atomic E-state index is 0.259. The number of nitrogen functional groups attached to an aromatic ring is 1. The molecule has 2 rings (SSSR count). The van der Waals surface area contributed by atoms with Crippen LogP contribution in [-0.2, 0) is 6.54 Å². The molecule has 0 fully saturated rings. The molecule has 0 aliphatic rings. The zero-order valence-corrected chi connectivity index (χ0v) is 12.5. The largest absolute Gasteiger partial charge is 0.398 e. The SMILES string of the molecule is CN=C(N)c1cnc(NC(=O)NCc2ccc(F)cc2)cc1N. The fraction of sp³-hybridized carbons (Fsp3) is 0.133. The normalized spacial score (nSPS) is 11.1. The summed E-state index contributed by atoms with van der Waals surface area (Å²) in [7, 11) is 1.55. The molecule has 1 aromatic heterocycles. The van der Waals surface area contributed by atoms with Crippen molar-refractivity contribution < 1.29 is 9.18 Å². The van der Waals surface area contributed by atoms with E-state index in [9.17, 15) is 9.18 Å². The van der Waals surface area contributed by atoms with Crippen molar-refractivity contribution >= 4 is 23.4 Å². The summed E-state index contributed by atoms with van der Waals surface area (Å²) < 4.78 is 12.8. The van der Waals surface area contributed by atoms with Crippen molar-refractivity contribution in [3.05, 3.63) is 53.5 Å². The molecule has 0 spiro atoms. The number of amidine groups is 1. The van der Waals surface area contributed by atoms with Crippen LogP contribution in [0.5, 0.6) is 0 Å². The minimum atomic E-state index is -0.453. The minimum Gasteiger partial charge on any atom is -0.398 e. The fourth-order valence-corrected chi connectivity index (χ4v) is 1.82. The topological polar surface area (TPSA) is 118 Å². The van der Waals surface area contributed by atoms with Gasteiger partial charge in [-0.3, -0.25) is 10.3 Å². The molecular weight excluding hydrogens is 299 g/mol. The Labute approximate surface area is 132 Å². The number of anilines is 2. The summed E-state index contributed by atoms with van der Waals surface area (Å²) in [6.45, 7) is 0.259. The number of nitrogens with two attached hydrogens (primary N) is 2. The van der Waals surface area contributed by atoms with Crippen LogP contribution in [0.25, 0.3) is 0 Å². The average molecular weight is 316 g/mol. The molecule has 0 aliphatic heterocycles. The van der Waals surface area contributed by atoms with Crippen molar-refractivity contribution in [1.82, 2.24) is 10.3 Å². The lowest BCUT2D eigenvalue weighted by Gasteiger charge is -2.09. The first-order chi connectivity index (χ1) is 11.0. The lowest BCUT2D eigenvalue weighted by atomic mass is 10.2. The first-order valence-corrected chi connectivity index (χ1v) is 6.77. The summed E-state index contributed by atoms with van der Waals surface area (Å²) >= 11 is 0. The molecule has 0 saturated carbocycles. The van der Waals surface area contributed by atoms with Gasteiger partial charge in [0.2, 0.25) is 0 Å². The molecule has 6 N–H and O–H groups in total. The van der Waals surface area contributed by atoms with E-state index in [2.05, 4.69) is 20.6 Å². The summed E-state index contributed by atoms with van der Waals surface area (Å²) in [5, 5.41) is 5.19. The van der Waals surface area contributed by atoms with E-state index < -0.39 is 6.03 Å². The van der Waals surface area contributed by atoms with E-state index >= 15 is 0 Å². The van der Waals surface area contributed by atoms with Crippen LogP contribution in [0.1, 0.15) is 11.1 Å². The molecule has 7 nitrogen and oxygen atoms in total. The van der Waals surface area contributed by atoms with Gasteiger partial charge in [-0.1, -0.05) is 12.1 Å². The Morgan fingerprint density at radius 2 is 2.04 bits per heavy atom. The Bertz CT molecular complexity index is 729. The molecule has 120 valence electrons. The number of amides is 2. The molecule has 2 aromatic rings. The van der Waals surface area contributed by atoms with Crippen molar-refractivity contribution in [3.63, 3.8) is 0 Å². The molecule has 2 amide bonds. The van der Waals surface area contributed by atoms with Gasteiger partial charge in [0, 0.05) is 31.5 Å². The van der Waals surface area contributed by atoms with Gasteiger partial charge in [-0.15, -0.1) is 0 Å². The van der Waals surface area contributed by atoms with Gasteiger partial charge in [-0.25, -0.2) is 14.2 Å². The highest BCUT2D eigenvalue weighted by atomic mass is 19.1. The molecule has 0 radical (unpaired) electrons. The van der Waals surface area contributed by atoms with E-state index in [1.54, 1.807) is 19.2 Å². The number of urea groups is 1. The number of rotatable bonds is 4. The fourth-order valence-electron chi connectivity index (χ4n) is 1.82. The number of aromatic nitrogens is 1. The Morgan fingerprint density at radius 3 is 2.65 bits per heavy atom. The average Bonchev–Trinajstić information content (AvgIpc) is 2.54. The van der Waals surface area contributed by atoms with E-state index in [1.807, 2.05) is 0 Å². The number of nitrogens with one attached hydrogen (secondary N) is 2. The predicted octanol–water partition coefficient (Wildman–Crippen LogP) is 1.46. The van der Waals surface area contributed by atoms with Crippen LogP contribution in [-0.4, -0.2) is 23.9 Å². The Hall–Kier alpha value is -3.16. The first-order valence-electron chi connectivity index (χ1n) is 6.77. The smallest absolute Gasteiger partial charge is 0.320 e. The van der Waals surface area contributed by atoms with Crippen molar-refractivity contribution in [2.24, 2.45) is 10.7 Å². The second-order valence-electron chi connectivity index (χ2n) is 4.70. The maximum Gasteiger partial charge on any atom is 0.320 e. The number of hydrogen-bond donors (Lipinski definition) is 4. The first kappa shape index (κ1) is 16.2. The Kier molecular flexibility index (Phi) is 5.08. The quantitative estimate of drug-likeness (QED) is 0.504. The number of aliphatic imine (C=N–C) groups is 1. The van der Waals surface area contributed by atoms with Crippen LogP contribution in [0.4, 0.5) is 20.7 Å². The highest BCUT2D eigenvalue weighted by Gasteiger charge is 2.08. The number of nitrogens with zero attached hydrogens (tertiary/aromatic N) is 2. The van der Waals surface area contributed by atoms with E-state index in [0.717, 1.165) is 5.56 Å². The third-order valence-electron chi connectivity index (χ3n) is 3.06. The maximum atomic E-state index is 12.8.